The summed E-state index contributed by atoms with van der Waals surface area (Å²) in [5.41, 5.74) is 0.657. The number of rotatable bonds is 5. The lowest BCUT2D eigenvalue weighted by Gasteiger charge is -2.44. The molecule has 2 heterocycles. The van der Waals surface area contributed by atoms with E-state index in [9.17, 15) is 14.4 Å². The van der Waals surface area contributed by atoms with E-state index in [1.54, 1.807) is 17.0 Å². The lowest BCUT2D eigenvalue weighted by molar-refractivity contribution is -0.154. The Morgan fingerprint density at radius 2 is 1.90 bits per heavy atom. The number of esters is 1. The molecule has 0 unspecified atom stereocenters. The molecule has 1 aliphatic carbocycles. The maximum atomic E-state index is 12.6. The Balaban J connectivity index is 1.27. The minimum absolute atomic E-state index is 0.0396. The average Bonchev–Trinajstić information content (AvgIpc) is 2.76. The number of para-hydroxylation sites is 2. The van der Waals surface area contributed by atoms with Crippen molar-refractivity contribution < 1.29 is 23.9 Å². The number of likely N-dealkylation sites (tertiary alicyclic amines) is 1. The standard InChI is InChI=1S/C22H28N2O5/c25-20-14-28-19-10-4-3-9-18(19)24(20)13-11-22(27)29-15-21(26)23-12-5-7-16-6-1-2-8-17(16)23/h3-4,9-10,16-17H,1-2,5-8,11-15H2/t16-,17+/m1/s1. The fourth-order valence-electron chi connectivity index (χ4n) is 4.83. The van der Waals surface area contributed by atoms with E-state index >= 15 is 0 Å². The van der Waals surface area contributed by atoms with Gasteiger partial charge in [0.1, 0.15) is 5.75 Å². The topological polar surface area (TPSA) is 76.1 Å². The number of anilines is 1. The molecular formula is C22H28N2O5. The summed E-state index contributed by atoms with van der Waals surface area (Å²) in [6.07, 6.45) is 6.94. The second-order valence-corrected chi connectivity index (χ2v) is 8.05. The summed E-state index contributed by atoms with van der Waals surface area (Å²) in [7, 11) is 0. The van der Waals surface area contributed by atoms with Crippen LogP contribution >= 0.6 is 0 Å². The summed E-state index contributed by atoms with van der Waals surface area (Å²) >= 11 is 0. The smallest absolute Gasteiger partial charge is 0.308 e. The van der Waals surface area contributed by atoms with E-state index in [1.165, 1.54) is 25.7 Å². The second-order valence-electron chi connectivity index (χ2n) is 8.05. The number of carbonyl (C=O) groups is 3. The molecule has 2 fully saturated rings. The zero-order valence-corrected chi connectivity index (χ0v) is 16.7. The van der Waals surface area contributed by atoms with Gasteiger partial charge in [0.2, 0.25) is 0 Å². The number of piperidine rings is 1. The van der Waals surface area contributed by atoms with Gasteiger partial charge >= 0.3 is 5.97 Å². The molecule has 1 saturated carbocycles. The van der Waals surface area contributed by atoms with Crippen LogP contribution in [0.1, 0.15) is 44.9 Å². The zero-order valence-electron chi connectivity index (χ0n) is 16.7. The van der Waals surface area contributed by atoms with Gasteiger partial charge in [0.05, 0.1) is 12.1 Å². The predicted octanol–water partition coefficient (Wildman–Crippen LogP) is 2.53. The Morgan fingerprint density at radius 1 is 1.10 bits per heavy atom. The largest absolute Gasteiger partial charge is 0.482 e. The van der Waals surface area contributed by atoms with Gasteiger partial charge < -0.3 is 19.3 Å². The SMILES string of the molecule is O=C(CCN1C(=O)COc2ccccc21)OCC(=O)N1CCC[C@H]2CCCC[C@@H]21. The Kier molecular flexibility index (Phi) is 6.02. The van der Waals surface area contributed by atoms with Crippen LogP contribution in [0.3, 0.4) is 0 Å². The molecule has 2 atom stereocenters. The van der Waals surface area contributed by atoms with Gasteiger partial charge in [-0.05, 0) is 43.7 Å². The first-order chi connectivity index (χ1) is 14.1. The molecule has 4 rings (SSSR count). The average molecular weight is 400 g/mol. The number of benzene rings is 1. The van der Waals surface area contributed by atoms with E-state index in [2.05, 4.69) is 0 Å². The van der Waals surface area contributed by atoms with Gasteiger partial charge in [0, 0.05) is 19.1 Å². The molecule has 0 spiro atoms. The minimum Gasteiger partial charge on any atom is -0.482 e. The van der Waals surface area contributed by atoms with Crippen LogP contribution in [0, 0.1) is 5.92 Å². The summed E-state index contributed by atoms with van der Waals surface area (Å²) in [4.78, 5) is 40.5. The molecule has 1 saturated heterocycles. The predicted molar refractivity (Wildman–Crippen MR) is 107 cm³/mol. The van der Waals surface area contributed by atoms with E-state index in [0.29, 0.717) is 23.4 Å². The Labute approximate surface area is 170 Å². The molecule has 0 N–H and O–H groups in total. The van der Waals surface area contributed by atoms with Crippen LogP contribution in [0.4, 0.5) is 5.69 Å². The lowest BCUT2D eigenvalue weighted by Crippen LogP contribution is -2.51. The normalized spacial score (nSPS) is 23.7. The maximum absolute atomic E-state index is 12.6. The first-order valence-corrected chi connectivity index (χ1v) is 10.6. The molecule has 2 amide bonds. The highest BCUT2D eigenvalue weighted by Crippen LogP contribution is 2.35. The highest BCUT2D eigenvalue weighted by Gasteiger charge is 2.35. The second kappa shape index (κ2) is 8.84. The molecule has 2 aliphatic heterocycles. The van der Waals surface area contributed by atoms with Crippen LogP contribution in [0.2, 0.25) is 0 Å². The van der Waals surface area contributed by atoms with Gasteiger partial charge in [0.15, 0.2) is 13.2 Å². The van der Waals surface area contributed by atoms with Crippen LogP contribution in [-0.2, 0) is 19.1 Å². The first-order valence-electron chi connectivity index (χ1n) is 10.6. The summed E-state index contributed by atoms with van der Waals surface area (Å²) in [5, 5.41) is 0. The van der Waals surface area contributed by atoms with Crippen molar-refractivity contribution in [2.24, 2.45) is 5.92 Å². The van der Waals surface area contributed by atoms with Gasteiger partial charge in [-0.25, -0.2) is 0 Å². The van der Waals surface area contributed by atoms with Gasteiger partial charge in [-0.15, -0.1) is 0 Å². The highest BCUT2D eigenvalue weighted by molar-refractivity contribution is 5.98. The number of hydrogen-bond acceptors (Lipinski definition) is 5. The molecule has 0 aromatic heterocycles. The van der Waals surface area contributed by atoms with Crippen LogP contribution in [0.15, 0.2) is 24.3 Å². The summed E-state index contributed by atoms with van der Waals surface area (Å²) < 4.78 is 10.7. The Morgan fingerprint density at radius 3 is 2.79 bits per heavy atom. The van der Waals surface area contributed by atoms with Crippen molar-refractivity contribution in [1.82, 2.24) is 4.90 Å². The highest BCUT2D eigenvalue weighted by atomic mass is 16.5. The third-order valence-electron chi connectivity index (χ3n) is 6.27. The van der Waals surface area contributed by atoms with Crippen molar-refractivity contribution in [3.8, 4) is 5.75 Å². The molecule has 1 aromatic rings. The molecule has 1 aromatic carbocycles. The van der Waals surface area contributed by atoms with Crippen molar-refractivity contribution >= 4 is 23.5 Å². The molecule has 7 heteroatoms. The number of ether oxygens (including phenoxy) is 2. The van der Waals surface area contributed by atoms with E-state index in [1.807, 2.05) is 17.0 Å². The molecule has 7 nitrogen and oxygen atoms in total. The minimum atomic E-state index is -0.465. The number of amides is 2. The third-order valence-corrected chi connectivity index (χ3v) is 6.27. The van der Waals surface area contributed by atoms with E-state index in [0.717, 1.165) is 19.4 Å². The van der Waals surface area contributed by atoms with Gasteiger partial charge in [-0.1, -0.05) is 25.0 Å². The van der Waals surface area contributed by atoms with Crippen molar-refractivity contribution in [3.63, 3.8) is 0 Å². The summed E-state index contributed by atoms with van der Waals surface area (Å²) in [6, 6.07) is 7.55. The van der Waals surface area contributed by atoms with E-state index < -0.39 is 5.97 Å². The molecule has 29 heavy (non-hydrogen) atoms. The number of nitrogens with zero attached hydrogens (tertiary/aromatic N) is 2. The van der Waals surface area contributed by atoms with Gasteiger partial charge in [-0.3, -0.25) is 14.4 Å². The lowest BCUT2D eigenvalue weighted by atomic mass is 9.78. The number of hydrogen-bond donors (Lipinski definition) is 0. The molecule has 0 radical (unpaired) electrons. The summed E-state index contributed by atoms with van der Waals surface area (Å²) in [5.74, 6) is 0.478. The first kappa shape index (κ1) is 19.7. The molecule has 3 aliphatic rings. The van der Waals surface area contributed by atoms with Crippen molar-refractivity contribution in [3.05, 3.63) is 24.3 Å². The quantitative estimate of drug-likeness (QED) is 0.710. The fourth-order valence-corrected chi connectivity index (χ4v) is 4.83. The van der Waals surface area contributed by atoms with Crippen molar-refractivity contribution in [2.45, 2.75) is 51.0 Å². The van der Waals surface area contributed by atoms with Crippen LogP contribution in [0.5, 0.6) is 5.75 Å². The van der Waals surface area contributed by atoms with Crippen molar-refractivity contribution in [2.75, 3.05) is 31.2 Å². The molecule has 156 valence electrons. The fraction of sp³-hybridized carbons (Fsp3) is 0.591. The number of fused-ring (bicyclic) bond motifs is 2. The van der Waals surface area contributed by atoms with Crippen LogP contribution in [-0.4, -0.2) is 55.0 Å². The molecular weight excluding hydrogens is 372 g/mol. The zero-order chi connectivity index (χ0) is 20.2. The Hall–Kier alpha value is -2.57. The van der Waals surface area contributed by atoms with Gasteiger partial charge in [0.25, 0.3) is 11.8 Å². The number of carbonyl (C=O) groups excluding carboxylic acids is 3. The monoisotopic (exact) mass is 400 g/mol. The molecule has 0 bridgehead atoms. The van der Waals surface area contributed by atoms with Crippen LogP contribution in [0.25, 0.3) is 0 Å². The van der Waals surface area contributed by atoms with Crippen molar-refractivity contribution in [1.29, 1.82) is 0 Å². The van der Waals surface area contributed by atoms with Crippen LogP contribution < -0.4 is 9.64 Å². The third kappa shape index (κ3) is 4.38. The summed E-state index contributed by atoms with van der Waals surface area (Å²) in [6.45, 7) is 0.717. The van der Waals surface area contributed by atoms with E-state index in [4.69, 9.17) is 9.47 Å². The van der Waals surface area contributed by atoms with E-state index in [-0.39, 0.29) is 38.0 Å². The maximum Gasteiger partial charge on any atom is 0.308 e. The van der Waals surface area contributed by atoms with Gasteiger partial charge in [-0.2, -0.15) is 0 Å². The Bertz CT molecular complexity index is 778.